The van der Waals surface area contributed by atoms with Crippen molar-refractivity contribution in [3.8, 4) is 6.07 Å². The van der Waals surface area contributed by atoms with Crippen molar-refractivity contribution in [2.24, 2.45) is 0 Å². The van der Waals surface area contributed by atoms with Crippen LogP contribution in [-0.4, -0.2) is 44.2 Å². The minimum absolute atomic E-state index is 0.217. The summed E-state index contributed by atoms with van der Waals surface area (Å²) in [6.45, 7) is 3.00. The summed E-state index contributed by atoms with van der Waals surface area (Å²) in [6, 6.07) is 11.0. The summed E-state index contributed by atoms with van der Waals surface area (Å²) in [4.78, 5) is 15.2. The Morgan fingerprint density at radius 2 is 1.94 bits per heavy atom. The number of nitrogens with one attached hydrogen (secondary N) is 2. The minimum atomic E-state index is -4.24. The van der Waals surface area contributed by atoms with Gasteiger partial charge in [-0.05, 0) is 61.9 Å². The third-order valence-corrected chi connectivity index (χ3v) is 8.68. The first-order chi connectivity index (χ1) is 17.3. The van der Waals surface area contributed by atoms with Gasteiger partial charge in [0.25, 0.3) is 0 Å². The van der Waals surface area contributed by atoms with E-state index in [4.69, 9.17) is 0 Å². The number of aromatic amines is 1. The van der Waals surface area contributed by atoms with Gasteiger partial charge in [0.15, 0.2) is 0 Å². The average molecular weight is 511 g/mol. The monoisotopic (exact) mass is 510 g/mol. The second-order valence-electron chi connectivity index (χ2n) is 9.92. The molecule has 10 heteroatoms. The van der Waals surface area contributed by atoms with Crippen LogP contribution in [0.25, 0.3) is 21.1 Å². The number of anilines is 1. The first-order valence-corrected chi connectivity index (χ1v) is 12.9. The highest BCUT2D eigenvalue weighted by atomic mass is 32.1. The zero-order valence-corrected chi connectivity index (χ0v) is 20.5. The van der Waals surface area contributed by atoms with E-state index in [1.807, 2.05) is 6.07 Å². The van der Waals surface area contributed by atoms with E-state index in [0.717, 1.165) is 54.5 Å². The molecule has 36 heavy (non-hydrogen) atoms. The fraction of sp³-hybridized carbons (Fsp3) is 0.423. The van der Waals surface area contributed by atoms with E-state index < -0.39 is 12.6 Å². The van der Waals surface area contributed by atoms with Crippen LogP contribution in [0.15, 0.2) is 30.6 Å². The first-order valence-electron chi connectivity index (χ1n) is 12.1. The lowest BCUT2D eigenvalue weighted by Gasteiger charge is -2.39. The molecule has 2 atom stereocenters. The molecule has 6 nitrogen and oxygen atoms in total. The highest BCUT2D eigenvalue weighted by Gasteiger charge is 2.41. The van der Waals surface area contributed by atoms with Crippen LogP contribution in [0, 0.1) is 18.3 Å². The average Bonchev–Trinajstić information content (AvgIpc) is 3.49. The summed E-state index contributed by atoms with van der Waals surface area (Å²) >= 11 is 1.08. The smallest absolute Gasteiger partial charge is 0.367 e. The van der Waals surface area contributed by atoms with Crippen molar-refractivity contribution in [3.05, 3.63) is 52.3 Å². The third-order valence-electron chi connectivity index (χ3n) is 7.64. The summed E-state index contributed by atoms with van der Waals surface area (Å²) in [5, 5.41) is 14.5. The number of piperidine rings is 1. The standard InChI is InChI=1S/C26H25F3N6S/c1-14-15(2-5-23-21(14)8-17(11-30)33-23)12-35-18-3-4-19(35)7-16(6-18)34-24-22-9-20(10-26(27,28)29)36-25(22)32-13-31-24/h2,5,8-9,13,16,18-19,33H,3-4,6-7,10,12H2,1H3,(H,31,32,34). The predicted molar refractivity (Wildman–Crippen MR) is 134 cm³/mol. The van der Waals surface area contributed by atoms with Crippen molar-refractivity contribution in [1.82, 2.24) is 19.9 Å². The van der Waals surface area contributed by atoms with Gasteiger partial charge in [0, 0.05) is 40.5 Å². The van der Waals surface area contributed by atoms with Gasteiger partial charge in [-0.25, -0.2) is 9.97 Å². The van der Waals surface area contributed by atoms with E-state index in [9.17, 15) is 18.4 Å². The van der Waals surface area contributed by atoms with Gasteiger partial charge in [0.05, 0.1) is 11.8 Å². The van der Waals surface area contributed by atoms with Crippen LogP contribution in [0.5, 0.6) is 0 Å². The van der Waals surface area contributed by atoms with Crippen molar-refractivity contribution in [3.63, 3.8) is 0 Å². The van der Waals surface area contributed by atoms with E-state index in [1.165, 1.54) is 17.5 Å². The van der Waals surface area contributed by atoms with Gasteiger partial charge in [-0.15, -0.1) is 11.3 Å². The molecule has 2 fully saturated rings. The highest BCUT2D eigenvalue weighted by Crippen LogP contribution is 2.40. The van der Waals surface area contributed by atoms with Gasteiger partial charge >= 0.3 is 6.18 Å². The molecule has 2 aliphatic rings. The quantitative estimate of drug-likeness (QED) is 0.341. The minimum Gasteiger partial charge on any atom is -0.367 e. The fourth-order valence-electron chi connectivity index (χ4n) is 5.97. The Hall–Kier alpha value is -3.16. The lowest BCUT2D eigenvalue weighted by atomic mass is 9.95. The van der Waals surface area contributed by atoms with Gasteiger partial charge in [-0.2, -0.15) is 18.4 Å². The molecule has 2 aliphatic heterocycles. The Labute approximate surface area is 210 Å². The van der Waals surface area contributed by atoms with Crippen LogP contribution in [0.2, 0.25) is 0 Å². The number of H-pyrrole nitrogens is 1. The number of benzene rings is 1. The second kappa shape index (κ2) is 8.75. The van der Waals surface area contributed by atoms with Crippen LogP contribution in [0.3, 0.4) is 0 Å². The molecule has 2 bridgehead atoms. The van der Waals surface area contributed by atoms with Crippen LogP contribution in [0.1, 0.15) is 47.4 Å². The van der Waals surface area contributed by atoms with Crippen molar-refractivity contribution < 1.29 is 13.2 Å². The second-order valence-corrected chi connectivity index (χ2v) is 11.0. The topological polar surface area (TPSA) is 80.6 Å². The molecule has 2 N–H and O–H groups in total. The van der Waals surface area contributed by atoms with Gasteiger partial charge in [-0.3, -0.25) is 4.90 Å². The van der Waals surface area contributed by atoms with E-state index in [1.54, 1.807) is 6.07 Å². The van der Waals surface area contributed by atoms with Crippen molar-refractivity contribution in [2.75, 3.05) is 5.32 Å². The summed E-state index contributed by atoms with van der Waals surface area (Å²) in [6.07, 6.45) is 0.454. The molecule has 3 aromatic heterocycles. The van der Waals surface area contributed by atoms with Crippen molar-refractivity contribution in [2.45, 2.75) is 69.9 Å². The maximum Gasteiger partial charge on any atom is 0.393 e. The third kappa shape index (κ3) is 4.31. The molecular formula is C26H25F3N6S. The number of hydrogen-bond donors (Lipinski definition) is 2. The number of aryl methyl sites for hydroxylation is 1. The fourth-order valence-corrected chi connectivity index (χ4v) is 7.00. The predicted octanol–water partition coefficient (Wildman–Crippen LogP) is 6.07. The molecule has 0 amide bonds. The number of rotatable bonds is 5. The Morgan fingerprint density at radius 3 is 2.67 bits per heavy atom. The molecule has 0 spiro atoms. The van der Waals surface area contributed by atoms with E-state index >= 15 is 0 Å². The van der Waals surface area contributed by atoms with E-state index in [-0.39, 0.29) is 10.9 Å². The van der Waals surface area contributed by atoms with Gasteiger partial charge in [0.1, 0.15) is 28.7 Å². The molecule has 0 radical (unpaired) electrons. The molecular weight excluding hydrogens is 485 g/mol. The summed E-state index contributed by atoms with van der Waals surface area (Å²) < 4.78 is 38.7. The number of hydrogen-bond acceptors (Lipinski definition) is 6. The van der Waals surface area contributed by atoms with E-state index in [0.29, 0.717) is 33.8 Å². The first kappa shape index (κ1) is 23.3. The largest absolute Gasteiger partial charge is 0.393 e. The Balaban J connectivity index is 1.18. The molecule has 2 saturated heterocycles. The molecule has 4 aromatic rings. The molecule has 6 rings (SSSR count). The number of nitriles is 1. The number of fused-ring (bicyclic) bond motifs is 4. The summed E-state index contributed by atoms with van der Waals surface area (Å²) in [5.74, 6) is 0.629. The lowest BCUT2D eigenvalue weighted by molar-refractivity contribution is -0.126. The Kier molecular flexibility index (Phi) is 5.65. The van der Waals surface area contributed by atoms with Crippen molar-refractivity contribution >= 4 is 38.3 Å². The number of nitrogens with zero attached hydrogens (tertiary/aromatic N) is 4. The molecule has 5 heterocycles. The molecule has 0 aliphatic carbocycles. The maximum atomic E-state index is 12.9. The van der Waals surface area contributed by atoms with Gasteiger partial charge in [-0.1, -0.05) is 6.07 Å². The van der Waals surface area contributed by atoms with Crippen molar-refractivity contribution in [1.29, 1.82) is 5.26 Å². The molecule has 2 unspecified atom stereocenters. The number of halogens is 3. The normalized spacial score (nSPS) is 22.4. The Morgan fingerprint density at radius 1 is 1.17 bits per heavy atom. The summed E-state index contributed by atoms with van der Waals surface area (Å²) in [7, 11) is 0. The number of alkyl halides is 3. The highest BCUT2D eigenvalue weighted by molar-refractivity contribution is 7.18. The lowest BCUT2D eigenvalue weighted by Crippen LogP contribution is -2.46. The Bertz CT molecular complexity index is 1470. The molecule has 186 valence electrons. The van der Waals surface area contributed by atoms with E-state index in [2.05, 4.69) is 50.3 Å². The zero-order valence-electron chi connectivity index (χ0n) is 19.7. The number of aromatic nitrogens is 3. The maximum absolute atomic E-state index is 12.9. The SMILES string of the molecule is Cc1c(CN2C3CCC2CC(Nc2ncnc4sc(CC(F)(F)F)cc24)C3)ccc2[nH]c(C#N)cc12. The van der Waals surface area contributed by atoms with Gasteiger partial charge < -0.3 is 10.3 Å². The van der Waals surface area contributed by atoms with Crippen LogP contribution in [-0.2, 0) is 13.0 Å². The van der Waals surface area contributed by atoms with Crippen LogP contribution in [0.4, 0.5) is 19.0 Å². The molecule has 1 aromatic carbocycles. The van der Waals surface area contributed by atoms with Gasteiger partial charge in [0.2, 0.25) is 0 Å². The molecule has 0 saturated carbocycles. The van der Waals surface area contributed by atoms with Crippen LogP contribution < -0.4 is 5.32 Å². The number of thiophene rings is 1. The van der Waals surface area contributed by atoms with Crippen LogP contribution >= 0.6 is 11.3 Å². The zero-order chi connectivity index (χ0) is 25.0. The summed E-state index contributed by atoms with van der Waals surface area (Å²) in [5.41, 5.74) is 4.05.